The standard InChI is InChI=1S/C15H13F4N/c1-15(20,8-9-4-2-3-5-11(9)16)10-6-7-12(17)14(19)13(10)18/h2-7H,8,20H2,1H3. The number of nitrogens with two attached hydrogens (primary N) is 1. The number of rotatable bonds is 3. The maximum Gasteiger partial charge on any atom is 0.194 e. The van der Waals surface area contributed by atoms with Crippen LogP contribution in [0.4, 0.5) is 17.6 Å². The molecule has 0 spiro atoms. The van der Waals surface area contributed by atoms with Crippen LogP contribution in [0.5, 0.6) is 0 Å². The Morgan fingerprint density at radius 2 is 1.55 bits per heavy atom. The Kier molecular flexibility index (Phi) is 3.81. The molecule has 0 saturated carbocycles. The molecule has 0 fully saturated rings. The normalized spacial score (nSPS) is 14.1. The van der Waals surface area contributed by atoms with Crippen LogP contribution in [0, 0.1) is 23.3 Å². The van der Waals surface area contributed by atoms with Crippen LogP contribution in [0.15, 0.2) is 36.4 Å². The molecule has 0 amide bonds. The van der Waals surface area contributed by atoms with Crippen LogP contribution >= 0.6 is 0 Å². The lowest BCUT2D eigenvalue weighted by atomic mass is 9.86. The second-order valence-corrected chi connectivity index (χ2v) is 4.91. The van der Waals surface area contributed by atoms with Crippen LogP contribution in [0.1, 0.15) is 18.1 Å². The molecular weight excluding hydrogens is 270 g/mol. The molecule has 0 radical (unpaired) electrons. The molecule has 0 heterocycles. The summed E-state index contributed by atoms with van der Waals surface area (Å²) in [4.78, 5) is 0. The summed E-state index contributed by atoms with van der Waals surface area (Å²) < 4.78 is 53.6. The van der Waals surface area contributed by atoms with E-state index in [9.17, 15) is 17.6 Å². The number of halogens is 4. The summed E-state index contributed by atoms with van der Waals surface area (Å²) in [6, 6.07) is 7.79. The van der Waals surface area contributed by atoms with Gasteiger partial charge in [-0.05, 0) is 31.0 Å². The van der Waals surface area contributed by atoms with Gasteiger partial charge in [-0.15, -0.1) is 0 Å². The van der Waals surface area contributed by atoms with Crippen molar-refractivity contribution >= 4 is 0 Å². The molecule has 2 rings (SSSR count). The van der Waals surface area contributed by atoms with Gasteiger partial charge in [-0.25, -0.2) is 17.6 Å². The topological polar surface area (TPSA) is 26.0 Å². The van der Waals surface area contributed by atoms with Gasteiger partial charge in [0.25, 0.3) is 0 Å². The third-order valence-corrected chi connectivity index (χ3v) is 3.17. The van der Waals surface area contributed by atoms with Gasteiger partial charge in [-0.2, -0.15) is 0 Å². The van der Waals surface area contributed by atoms with Gasteiger partial charge in [0.2, 0.25) is 0 Å². The molecule has 1 unspecified atom stereocenters. The lowest BCUT2D eigenvalue weighted by Gasteiger charge is -2.26. The zero-order valence-electron chi connectivity index (χ0n) is 10.8. The average molecular weight is 283 g/mol. The Hall–Kier alpha value is -1.88. The Bertz CT molecular complexity index is 638. The number of hydrogen-bond acceptors (Lipinski definition) is 1. The molecule has 2 N–H and O–H groups in total. The highest BCUT2D eigenvalue weighted by molar-refractivity contribution is 5.30. The SMILES string of the molecule is CC(N)(Cc1ccccc1F)c1ccc(F)c(F)c1F. The summed E-state index contributed by atoms with van der Waals surface area (Å²) in [5, 5.41) is 0. The van der Waals surface area contributed by atoms with E-state index < -0.39 is 28.8 Å². The summed E-state index contributed by atoms with van der Waals surface area (Å²) in [5.41, 5.74) is 4.69. The Balaban J connectivity index is 2.41. The minimum absolute atomic E-state index is 0.0400. The summed E-state index contributed by atoms with van der Waals surface area (Å²) >= 11 is 0. The molecule has 0 aliphatic heterocycles. The highest BCUT2D eigenvalue weighted by atomic mass is 19.2. The van der Waals surface area contributed by atoms with Crippen molar-refractivity contribution in [2.75, 3.05) is 0 Å². The van der Waals surface area contributed by atoms with Crippen molar-refractivity contribution in [3.63, 3.8) is 0 Å². The van der Waals surface area contributed by atoms with E-state index in [4.69, 9.17) is 5.73 Å². The minimum atomic E-state index is -1.58. The predicted molar refractivity (Wildman–Crippen MR) is 68.0 cm³/mol. The third-order valence-electron chi connectivity index (χ3n) is 3.17. The van der Waals surface area contributed by atoms with Crippen LogP contribution in [0.3, 0.4) is 0 Å². The maximum atomic E-state index is 13.8. The first kappa shape index (κ1) is 14.5. The number of benzene rings is 2. The zero-order valence-corrected chi connectivity index (χ0v) is 10.8. The van der Waals surface area contributed by atoms with Gasteiger partial charge in [-0.1, -0.05) is 24.3 Å². The second-order valence-electron chi connectivity index (χ2n) is 4.91. The van der Waals surface area contributed by atoms with Crippen molar-refractivity contribution in [3.05, 3.63) is 70.8 Å². The van der Waals surface area contributed by atoms with Gasteiger partial charge >= 0.3 is 0 Å². The van der Waals surface area contributed by atoms with E-state index in [0.29, 0.717) is 0 Å². The van der Waals surface area contributed by atoms with Crippen LogP contribution in [-0.2, 0) is 12.0 Å². The average Bonchev–Trinajstić information content (AvgIpc) is 2.38. The summed E-state index contributed by atoms with van der Waals surface area (Å²) in [6.45, 7) is 1.44. The maximum absolute atomic E-state index is 13.8. The monoisotopic (exact) mass is 283 g/mol. The fourth-order valence-corrected chi connectivity index (χ4v) is 2.10. The smallest absolute Gasteiger partial charge is 0.194 e. The van der Waals surface area contributed by atoms with Gasteiger partial charge in [0.05, 0.1) is 0 Å². The zero-order chi connectivity index (χ0) is 14.9. The van der Waals surface area contributed by atoms with Crippen molar-refractivity contribution in [3.8, 4) is 0 Å². The van der Waals surface area contributed by atoms with Crippen molar-refractivity contribution in [1.82, 2.24) is 0 Å². The van der Waals surface area contributed by atoms with E-state index in [1.807, 2.05) is 0 Å². The summed E-state index contributed by atoms with van der Waals surface area (Å²) in [5.74, 6) is -4.68. The van der Waals surface area contributed by atoms with Crippen LogP contribution in [0.25, 0.3) is 0 Å². The van der Waals surface area contributed by atoms with E-state index in [-0.39, 0.29) is 17.5 Å². The van der Waals surface area contributed by atoms with Crippen molar-refractivity contribution in [1.29, 1.82) is 0 Å². The lowest BCUT2D eigenvalue weighted by Crippen LogP contribution is -2.37. The van der Waals surface area contributed by atoms with Crippen LogP contribution in [0.2, 0.25) is 0 Å². The molecule has 0 aliphatic carbocycles. The highest BCUT2D eigenvalue weighted by Crippen LogP contribution is 2.28. The van der Waals surface area contributed by atoms with E-state index >= 15 is 0 Å². The molecule has 0 bridgehead atoms. The van der Waals surface area contributed by atoms with Crippen molar-refractivity contribution in [2.24, 2.45) is 5.73 Å². The highest BCUT2D eigenvalue weighted by Gasteiger charge is 2.29. The first-order valence-electron chi connectivity index (χ1n) is 5.99. The quantitative estimate of drug-likeness (QED) is 0.675. The van der Waals surface area contributed by atoms with E-state index in [2.05, 4.69) is 0 Å². The molecular formula is C15H13F4N. The lowest BCUT2D eigenvalue weighted by molar-refractivity contribution is 0.401. The van der Waals surface area contributed by atoms with Crippen LogP contribution < -0.4 is 5.73 Å². The molecule has 20 heavy (non-hydrogen) atoms. The Labute approximate surface area is 114 Å². The molecule has 1 atom stereocenters. The fourth-order valence-electron chi connectivity index (χ4n) is 2.10. The van der Waals surface area contributed by atoms with Gasteiger partial charge in [0.15, 0.2) is 17.5 Å². The largest absolute Gasteiger partial charge is 0.321 e. The van der Waals surface area contributed by atoms with E-state index in [1.165, 1.54) is 25.1 Å². The van der Waals surface area contributed by atoms with Crippen molar-refractivity contribution in [2.45, 2.75) is 18.9 Å². The minimum Gasteiger partial charge on any atom is -0.321 e. The molecule has 0 saturated heterocycles. The van der Waals surface area contributed by atoms with Gasteiger partial charge in [0.1, 0.15) is 5.82 Å². The Morgan fingerprint density at radius 1 is 0.900 bits per heavy atom. The second kappa shape index (κ2) is 5.25. The molecule has 1 nitrogen and oxygen atoms in total. The Morgan fingerprint density at radius 3 is 2.20 bits per heavy atom. The first-order chi connectivity index (χ1) is 9.33. The number of hydrogen-bond donors (Lipinski definition) is 1. The van der Waals surface area contributed by atoms with E-state index in [0.717, 1.165) is 12.1 Å². The predicted octanol–water partition coefficient (Wildman–Crippen LogP) is 3.66. The first-order valence-corrected chi connectivity index (χ1v) is 5.99. The summed E-state index contributed by atoms with van der Waals surface area (Å²) in [6.07, 6.45) is -0.0400. The molecule has 0 aliphatic rings. The fraction of sp³-hybridized carbons (Fsp3) is 0.200. The molecule has 2 aromatic rings. The molecule has 0 aromatic heterocycles. The molecule has 106 valence electrons. The molecule has 2 aromatic carbocycles. The van der Waals surface area contributed by atoms with E-state index in [1.54, 1.807) is 6.07 Å². The summed E-state index contributed by atoms with van der Waals surface area (Å²) in [7, 11) is 0. The van der Waals surface area contributed by atoms with Crippen LogP contribution in [-0.4, -0.2) is 0 Å². The van der Waals surface area contributed by atoms with Gasteiger partial charge in [0, 0.05) is 11.1 Å². The van der Waals surface area contributed by atoms with Gasteiger partial charge in [-0.3, -0.25) is 0 Å². The van der Waals surface area contributed by atoms with Crippen molar-refractivity contribution < 1.29 is 17.6 Å². The third kappa shape index (κ3) is 2.67. The molecule has 5 heteroatoms. The van der Waals surface area contributed by atoms with Gasteiger partial charge < -0.3 is 5.73 Å².